The van der Waals surface area contributed by atoms with Gasteiger partial charge in [0.05, 0.1) is 31.8 Å². The Hall–Kier alpha value is -1.35. The van der Waals surface area contributed by atoms with E-state index >= 15 is 0 Å². The maximum absolute atomic E-state index is 13.4. The molecule has 0 radical (unpaired) electrons. The molecule has 144 valence electrons. The Bertz CT molecular complexity index is 814. The van der Waals surface area contributed by atoms with Crippen LogP contribution < -0.4 is 4.74 Å². The van der Waals surface area contributed by atoms with E-state index in [4.69, 9.17) is 21.1 Å². The first-order valence-corrected chi connectivity index (χ1v) is 10.3. The molecular weight excluding hydrogens is 380 g/mol. The molecule has 2 heterocycles. The number of rotatable bonds is 4. The monoisotopic (exact) mass is 402 g/mol. The standard InChI is InChI=1S/C17H23ClN2O5S/c1-4-25-15-5-11(2)14(18)6-16(15)26(22,23)20-7-12-9-24-10-13(8-20)19(3)17(12)21/h5-6,12-13H,4,7-10H2,1-3H3/t12-,13+/m1/s1. The average molecular weight is 403 g/mol. The highest BCUT2D eigenvalue weighted by Gasteiger charge is 2.42. The lowest BCUT2D eigenvalue weighted by atomic mass is 10.1. The lowest BCUT2D eigenvalue weighted by molar-refractivity contribution is -0.133. The minimum absolute atomic E-state index is 0.0333. The van der Waals surface area contributed by atoms with Gasteiger partial charge in [-0.25, -0.2) is 8.42 Å². The number of halogens is 1. The van der Waals surface area contributed by atoms with E-state index < -0.39 is 15.9 Å². The number of likely N-dealkylation sites (N-methyl/N-ethyl adjacent to an activating group) is 1. The van der Waals surface area contributed by atoms with Gasteiger partial charge in [-0.1, -0.05) is 11.6 Å². The topological polar surface area (TPSA) is 76.2 Å². The third-order valence-electron chi connectivity index (χ3n) is 4.85. The number of aryl methyl sites for hydroxylation is 1. The summed E-state index contributed by atoms with van der Waals surface area (Å²) in [5.41, 5.74) is 0.741. The zero-order chi connectivity index (χ0) is 19.1. The Balaban J connectivity index is 2.03. The number of benzene rings is 1. The Labute approximate surface area is 158 Å². The predicted molar refractivity (Wildman–Crippen MR) is 97.0 cm³/mol. The summed E-state index contributed by atoms with van der Waals surface area (Å²) >= 11 is 6.18. The van der Waals surface area contributed by atoms with Gasteiger partial charge >= 0.3 is 0 Å². The van der Waals surface area contributed by atoms with Gasteiger partial charge in [-0.2, -0.15) is 4.31 Å². The number of carbonyl (C=O) groups is 1. The van der Waals surface area contributed by atoms with Crippen molar-refractivity contribution < 1.29 is 22.7 Å². The molecule has 2 atom stereocenters. The Morgan fingerprint density at radius 1 is 1.31 bits per heavy atom. The molecule has 7 nitrogen and oxygen atoms in total. The highest BCUT2D eigenvalue weighted by Crippen LogP contribution is 2.34. The van der Waals surface area contributed by atoms with Gasteiger partial charge < -0.3 is 14.4 Å². The molecule has 1 aromatic rings. The number of nitrogens with zero attached hydrogens (tertiary/aromatic N) is 2. The summed E-state index contributed by atoms with van der Waals surface area (Å²) in [5.74, 6) is -0.323. The molecule has 26 heavy (non-hydrogen) atoms. The van der Waals surface area contributed by atoms with Crippen LogP contribution in [0.15, 0.2) is 17.0 Å². The van der Waals surface area contributed by atoms with Gasteiger partial charge in [-0.05, 0) is 31.5 Å². The molecule has 0 N–H and O–H groups in total. The molecule has 2 aliphatic rings. The van der Waals surface area contributed by atoms with E-state index in [-0.39, 0.29) is 42.3 Å². The van der Waals surface area contributed by atoms with Crippen LogP contribution in [0.2, 0.25) is 5.02 Å². The average Bonchev–Trinajstić information content (AvgIpc) is 2.76. The van der Waals surface area contributed by atoms with Crippen molar-refractivity contribution in [3.63, 3.8) is 0 Å². The first-order chi connectivity index (χ1) is 12.3. The second-order valence-corrected chi connectivity index (χ2v) is 8.95. The summed E-state index contributed by atoms with van der Waals surface area (Å²) in [4.78, 5) is 14.1. The minimum atomic E-state index is -3.88. The van der Waals surface area contributed by atoms with Crippen LogP contribution in [0.5, 0.6) is 5.75 Å². The number of ether oxygens (including phenoxy) is 2. The number of hydrogen-bond donors (Lipinski definition) is 0. The van der Waals surface area contributed by atoms with Gasteiger partial charge in [0.2, 0.25) is 15.9 Å². The molecule has 1 amide bonds. The maximum atomic E-state index is 13.4. The van der Waals surface area contributed by atoms with Crippen molar-refractivity contribution in [2.75, 3.05) is 40.0 Å². The van der Waals surface area contributed by atoms with Crippen LogP contribution in [0.1, 0.15) is 12.5 Å². The number of amides is 1. The molecule has 1 aromatic carbocycles. The van der Waals surface area contributed by atoms with Gasteiger partial charge in [-0.15, -0.1) is 0 Å². The van der Waals surface area contributed by atoms with E-state index in [9.17, 15) is 13.2 Å². The second-order valence-electron chi connectivity index (χ2n) is 6.64. The van der Waals surface area contributed by atoms with E-state index in [1.165, 1.54) is 10.4 Å². The molecule has 2 saturated heterocycles. The summed E-state index contributed by atoms with van der Waals surface area (Å²) in [5, 5.41) is 0.360. The SMILES string of the molecule is CCOc1cc(C)c(Cl)cc1S(=O)(=O)N1C[C@@H]2COC[C@H](C1)N(C)C2=O. The van der Waals surface area contributed by atoms with E-state index in [0.29, 0.717) is 18.2 Å². The third-order valence-corrected chi connectivity index (χ3v) is 7.11. The fourth-order valence-electron chi connectivity index (χ4n) is 3.30. The molecule has 0 aliphatic carbocycles. The van der Waals surface area contributed by atoms with Crippen LogP contribution in [-0.2, 0) is 19.6 Å². The summed E-state index contributed by atoms with van der Waals surface area (Å²) in [6, 6.07) is 2.75. The highest BCUT2D eigenvalue weighted by molar-refractivity contribution is 7.89. The number of fused-ring (bicyclic) bond motifs is 3. The van der Waals surface area contributed by atoms with Gasteiger partial charge in [0.15, 0.2) is 0 Å². The van der Waals surface area contributed by atoms with Crippen LogP contribution >= 0.6 is 11.6 Å². The quantitative estimate of drug-likeness (QED) is 0.763. The molecule has 0 saturated carbocycles. The Morgan fingerprint density at radius 3 is 2.73 bits per heavy atom. The van der Waals surface area contributed by atoms with Crippen molar-refractivity contribution in [1.82, 2.24) is 9.21 Å². The minimum Gasteiger partial charge on any atom is -0.492 e. The number of carbonyl (C=O) groups excluding carboxylic acids is 1. The highest BCUT2D eigenvalue weighted by atomic mass is 35.5. The van der Waals surface area contributed by atoms with E-state index in [1.54, 1.807) is 31.9 Å². The summed E-state index contributed by atoms with van der Waals surface area (Å²) in [6.45, 7) is 4.72. The smallest absolute Gasteiger partial charge is 0.246 e. The maximum Gasteiger partial charge on any atom is 0.246 e. The van der Waals surface area contributed by atoms with Crippen LogP contribution in [-0.4, -0.2) is 69.5 Å². The van der Waals surface area contributed by atoms with Crippen LogP contribution in [0.4, 0.5) is 0 Å². The van der Waals surface area contributed by atoms with Crippen molar-refractivity contribution in [2.45, 2.75) is 24.8 Å². The van der Waals surface area contributed by atoms with Crippen LogP contribution in [0.3, 0.4) is 0 Å². The van der Waals surface area contributed by atoms with Gasteiger partial charge in [0.1, 0.15) is 10.6 Å². The predicted octanol–water partition coefficient (Wildman–Crippen LogP) is 1.52. The fourth-order valence-corrected chi connectivity index (χ4v) is 5.19. The molecule has 2 fully saturated rings. The normalized spacial score (nSPS) is 24.5. The molecule has 9 heteroatoms. The van der Waals surface area contributed by atoms with Crippen LogP contribution in [0, 0.1) is 12.8 Å². The first kappa shape index (κ1) is 19.4. The molecular formula is C17H23ClN2O5S. The van der Waals surface area contributed by atoms with Crippen molar-refractivity contribution in [3.05, 3.63) is 22.7 Å². The lowest BCUT2D eigenvalue weighted by Crippen LogP contribution is -2.45. The summed E-state index contributed by atoms with van der Waals surface area (Å²) in [6.07, 6.45) is 0. The first-order valence-electron chi connectivity index (χ1n) is 8.53. The molecule has 2 bridgehead atoms. The second kappa shape index (κ2) is 7.34. The van der Waals surface area contributed by atoms with Crippen molar-refractivity contribution >= 4 is 27.5 Å². The van der Waals surface area contributed by atoms with Crippen molar-refractivity contribution in [3.8, 4) is 5.75 Å². The largest absolute Gasteiger partial charge is 0.492 e. The fraction of sp³-hybridized carbons (Fsp3) is 0.588. The van der Waals surface area contributed by atoms with E-state index in [1.807, 2.05) is 0 Å². The van der Waals surface area contributed by atoms with Crippen molar-refractivity contribution in [1.29, 1.82) is 0 Å². The molecule has 0 unspecified atom stereocenters. The lowest BCUT2D eigenvalue weighted by Gasteiger charge is -2.29. The van der Waals surface area contributed by atoms with E-state index in [0.717, 1.165) is 5.56 Å². The summed E-state index contributed by atoms with van der Waals surface area (Å²) in [7, 11) is -2.18. The van der Waals surface area contributed by atoms with Gasteiger partial charge in [-0.3, -0.25) is 4.79 Å². The molecule has 0 spiro atoms. The third kappa shape index (κ3) is 3.43. The van der Waals surface area contributed by atoms with E-state index in [2.05, 4.69) is 0 Å². The zero-order valence-corrected chi connectivity index (χ0v) is 16.6. The Morgan fingerprint density at radius 2 is 2.04 bits per heavy atom. The number of sulfonamides is 1. The van der Waals surface area contributed by atoms with Crippen molar-refractivity contribution in [2.24, 2.45) is 5.92 Å². The molecule has 2 aliphatic heterocycles. The van der Waals surface area contributed by atoms with Gasteiger partial charge in [0.25, 0.3) is 0 Å². The number of hydrogen-bond acceptors (Lipinski definition) is 5. The zero-order valence-electron chi connectivity index (χ0n) is 15.1. The summed E-state index contributed by atoms with van der Waals surface area (Å²) < 4.78 is 39.2. The van der Waals surface area contributed by atoms with Crippen LogP contribution in [0.25, 0.3) is 0 Å². The van der Waals surface area contributed by atoms with Gasteiger partial charge in [0, 0.05) is 25.2 Å². The molecule has 3 rings (SSSR count). The Kier molecular flexibility index (Phi) is 5.48. The molecule has 0 aromatic heterocycles.